The van der Waals surface area contributed by atoms with E-state index in [-0.39, 0.29) is 12.1 Å². The average molecular weight is 333 g/mol. The molecule has 0 radical (unpaired) electrons. The Balaban J connectivity index is 2.09. The highest BCUT2D eigenvalue weighted by molar-refractivity contribution is 6.35. The number of benzene rings is 1. The quantitative estimate of drug-likeness (QED) is 0.484. The third-order valence-electron chi connectivity index (χ3n) is 3.32. The van der Waals surface area contributed by atoms with E-state index in [9.17, 15) is 9.59 Å². The van der Waals surface area contributed by atoms with E-state index in [0.29, 0.717) is 17.9 Å². The summed E-state index contributed by atoms with van der Waals surface area (Å²) in [6.45, 7) is 7.95. The third-order valence-corrected chi connectivity index (χ3v) is 3.32. The fraction of sp³-hybridized carbons (Fsp3) is 0.471. The summed E-state index contributed by atoms with van der Waals surface area (Å²) < 4.78 is 11.3. The van der Waals surface area contributed by atoms with Crippen LogP contribution in [0.3, 0.4) is 0 Å². The van der Waals surface area contributed by atoms with Crippen LogP contribution >= 0.6 is 0 Å². The van der Waals surface area contributed by atoms with E-state index < -0.39 is 11.8 Å². The zero-order valence-corrected chi connectivity index (χ0v) is 14.4. The molecule has 24 heavy (non-hydrogen) atoms. The fourth-order valence-electron chi connectivity index (χ4n) is 2.38. The van der Waals surface area contributed by atoms with Crippen molar-refractivity contribution in [1.29, 1.82) is 0 Å². The Morgan fingerprint density at radius 1 is 1.42 bits per heavy atom. The van der Waals surface area contributed by atoms with E-state index in [0.717, 1.165) is 17.7 Å². The molecule has 0 aromatic heterocycles. The largest absolute Gasteiger partial charge is 0.493 e. The predicted molar refractivity (Wildman–Crippen MR) is 90.4 cm³/mol. The Labute approximate surface area is 141 Å². The monoisotopic (exact) mass is 333 g/mol. The second-order valence-corrected chi connectivity index (χ2v) is 5.89. The molecule has 0 saturated carbocycles. The van der Waals surface area contributed by atoms with Gasteiger partial charge < -0.3 is 14.8 Å². The van der Waals surface area contributed by atoms with Crippen LogP contribution in [0.4, 0.5) is 0 Å². The Morgan fingerprint density at radius 2 is 2.17 bits per heavy atom. The number of hydrogen-bond acceptors (Lipinski definition) is 5. The number of hydrazone groups is 1. The molecule has 0 aliphatic carbocycles. The minimum absolute atomic E-state index is 0.118. The van der Waals surface area contributed by atoms with Gasteiger partial charge in [0.15, 0.2) is 0 Å². The highest BCUT2D eigenvalue weighted by Gasteiger charge is 2.21. The molecule has 0 spiro atoms. The van der Waals surface area contributed by atoms with Crippen molar-refractivity contribution in [2.75, 3.05) is 6.61 Å². The molecule has 0 bridgehead atoms. The van der Waals surface area contributed by atoms with Crippen LogP contribution in [0, 0.1) is 0 Å². The van der Waals surface area contributed by atoms with E-state index in [1.807, 2.05) is 26.0 Å². The van der Waals surface area contributed by atoms with Crippen molar-refractivity contribution in [1.82, 2.24) is 10.7 Å². The zero-order chi connectivity index (χ0) is 17.7. The van der Waals surface area contributed by atoms with Crippen molar-refractivity contribution >= 4 is 18.0 Å². The molecule has 2 amide bonds. The van der Waals surface area contributed by atoms with Crippen LogP contribution < -0.4 is 20.2 Å². The number of carbonyl (C=O) groups is 2. The Bertz CT molecular complexity index is 655. The molecule has 7 nitrogen and oxygen atoms in total. The summed E-state index contributed by atoms with van der Waals surface area (Å²) in [5, 5.41) is 6.33. The number of amides is 2. The first-order valence-electron chi connectivity index (χ1n) is 8.01. The Kier molecular flexibility index (Phi) is 5.78. The summed E-state index contributed by atoms with van der Waals surface area (Å²) in [7, 11) is 0. The molecule has 1 aromatic rings. The van der Waals surface area contributed by atoms with Gasteiger partial charge in [-0.2, -0.15) is 5.10 Å². The molecule has 0 fully saturated rings. The van der Waals surface area contributed by atoms with Gasteiger partial charge in [0, 0.05) is 23.6 Å². The molecule has 2 rings (SSSR count). The van der Waals surface area contributed by atoms with Crippen LogP contribution in [0.5, 0.6) is 11.5 Å². The minimum atomic E-state index is -0.816. The topological polar surface area (TPSA) is 89.0 Å². The number of hydrogen-bond donors (Lipinski definition) is 2. The molecule has 0 unspecified atom stereocenters. The number of rotatable bonds is 5. The fourth-order valence-corrected chi connectivity index (χ4v) is 2.38. The maximum absolute atomic E-state index is 11.6. The second kappa shape index (κ2) is 7.81. The van der Waals surface area contributed by atoms with Crippen LogP contribution in [-0.4, -0.2) is 36.8 Å². The van der Waals surface area contributed by atoms with Crippen molar-refractivity contribution in [2.45, 2.75) is 46.3 Å². The molecule has 1 aliphatic rings. The Morgan fingerprint density at radius 3 is 2.83 bits per heavy atom. The molecular formula is C17H23N3O4. The molecule has 7 heteroatoms. The van der Waals surface area contributed by atoms with Gasteiger partial charge in [-0.1, -0.05) is 0 Å². The van der Waals surface area contributed by atoms with Gasteiger partial charge in [-0.3, -0.25) is 9.59 Å². The highest BCUT2D eigenvalue weighted by Crippen LogP contribution is 2.34. The van der Waals surface area contributed by atoms with Crippen LogP contribution in [0.25, 0.3) is 0 Å². The lowest BCUT2D eigenvalue weighted by molar-refractivity contribution is -0.139. The average Bonchev–Trinajstić information content (AvgIpc) is 2.85. The van der Waals surface area contributed by atoms with Crippen LogP contribution in [-0.2, 0) is 16.0 Å². The van der Waals surface area contributed by atoms with Crippen LogP contribution in [0.2, 0.25) is 0 Å². The Hall–Kier alpha value is -2.57. The van der Waals surface area contributed by atoms with Crippen LogP contribution in [0.15, 0.2) is 17.2 Å². The lowest BCUT2D eigenvalue weighted by Crippen LogP contribution is -2.41. The summed E-state index contributed by atoms with van der Waals surface area (Å²) in [5.74, 6) is -0.0860. The van der Waals surface area contributed by atoms with E-state index in [1.165, 1.54) is 6.21 Å². The van der Waals surface area contributed by atoms with Crippen molar-refractivity contribution in [3.8, 4) is 11.5 Å². The highest BCUT2D eigenvalue weighted by atomic mass is 16.5. The lowest BCUT2D eigenvalue weighted by Gasteiger charge is -2.10. The maximum Gasteiger partial charge on any atom is 0.329 e. The van der Waals surface area contributed by atoms with Crippen molar-refractivity contribution in [2.24, 2.45) is 5.10 Å². The summed E-state index contributed by atoms with van der Waals surface area (Å²) >= 11 is 0. The smallest absolute Gasteiger partial charge is 0.329 e. The van der Waals surface area contributed by atoms with Gasteiger partial charge in [0.25, 0.3) is 0 Å². The summed E-state index contributed by atoms with van der Waals surface area (Å²) in [6, 6.07) is 3.64. The minimum Gasteiger partial charge on any atom is -0.493 e. The first kappa shape index (κ1) is 17.8. The summed E-state index contributed by atoms with van der Waals surface area (Å²) in [6.07, 6.45) is 2.40. The van der Waals surface area contributed by atoms with Gasteiger partial charge in [0.2, 0.25) is 0 Å². The lowest BCUT2D eigenvalue weighted by atomic mass is 10.1. The molecule has 130 valence electrons. The summed E-state index contributed by atoms with van der Waals surface area (Å²) in [5.41, 5.74) is 3.97. The van der Waals surface area contributed by atoms with E-state index in [2.05, 4.69) is 15.8 Å². The van der Waals surface area contributed by atoms with Gasteiger partial charge in [-0.15, -0.1) is 0 Å². The maximum atomic E-state index is 11.6. The van der Waals surface area contributed by atoms with E-state index in [4.69, 9.17) is 9.47 Å². The first-order valence-corrected chi connectivity index (χ1v) is 8.01. The van der Waals surface area contributed by atoms with Gasteiger partial charge in [0.05, 0.1) is 12.8 Å². The molecule has 2 N–H and O–H groups in total. The molecule has 0 saturated heterocycles. The zero-order valence-electron chi connectivity index (χ0n) is 14.4. The third kappa shape index (κ3) is 4.47. The normalized spacial score (nSPS) is 16.0. The molecule has 1 aliphatic heterocycles. The van der Waals surface area contributed by atoms with E-state index in [1.54, 1.807) is 13.8 Å². The van der Waals surface area contributed by atoms with Crippen molar-refractivity contribution in [3.63, 3.8) is 0 Å². The van der Waals surface area contributed by atoms with Gasteiger partial charge in [-0.05, 0) is 39.8 Å². The molecule has 1 atom stereocenters. The second-order valence-electron chi connectivity index (χ2n) is 5.89. The number of fused-ring (bicyclic) bond motifs is 1. The molecular weight excluding hydrogens is 310 g/mol. The number of carbonyl (C=O) groups excluding carboxylic acids is 2. The number of nitrogens with one attached hydrogen (secondary N) is 2. The molecule has 1 heterocycles. The SMILES string of the molecule is CCOc1cc2c(cc1/C=N\NC(=O)C(=O)NC(C)C)O[C@H](C)C2. The van der Waals surface area contributed by atoms with Gasteiger partial charge >= 0.3 is 11.8 Å². The van der Waals surface area contributed by atoms with Crippen LogP contribution in [0.1, 0.15) is 38.8 Å². The standard InChI is InChI=1S/C17H23N3O4/c1-5-23-14-7-12-6-11(4)24-15(12)8-13(14)9-18-20-17(22)16(21)19-10(2)3/h7-11H,5-6H2,1-4H3,(H,19,21)(H,20,22)/b18-9-/t11-/m1/s1. The van der Waals surface area contributed by atoms with Crippen molar-refractivity contribution in [3.05, 3.63) is 23.3 Å². The summed E-state index contributed by atoms with van der Waals surface area (Å²) in [4.78, 5) is 23.1. The number of nitrogens with zero attached hydrogens (tertiary/aromatic N) is 1. The van der Waals surface area contributed by atoms with Gasteiger partial charge in [0.1, 0.15) is 17.6 Å². The molecule has 1 aromatic carbocycles. The van der Waals surface area contributed by atoms with Gasteiger partial charge in [-0.25, -0.2) is 5.43 Å². The number of ether oxygens (including phenoxy) is 2. The van der Waals surface area contributed by atoms with E-state index >= 15 is 0 Å². The first-order chi connectivity index (χ1) is 11.4. The van der Waals surface area contributed by atoms with Crippen molar-refractivity contribution < 1.29 is 19.1 Å². The predicted octanol–water partition coefficient (Wildman–Crippen LogP) is 1.38.